The predicted molar refractivity (Wildman–Crippen MR) is 79.8 cm³/mol. The molecular formula is C14H20BrClFN. The molecule has 1 rings (SSSR count). The van der Waals surface area contributed by atoms with Gasteiger partial charge in [0.15, 0.2) is 0 Å². The maximum Gasteiger partial charge on any atom is 0.127 e. The van der Waals surface area contributed by atoms with Crippen LogP contribution in [0.1, 0.15) is 38.2 Å². The minimum Gasteiger partial charge on any atom is -0.317 e. The number of hydrogen-bond donors (Lipinski definition) is 1. The van der Waals surface area contributed by atoms with Crippen molar-refractivity contribution < 1.29 is 4.39 Å². The van der Waals surface area contributed by atoms with Gasteiger partial charge in [0.2, 0.25) is 0 Å². The number of hydrogen-bond acceptors (Lipinski definition) is 1. The Hall–Kier alpha value is -0.120. The first-order valence-corrected chi connectivity index (χ1v) is 7.66. The van der Waals surface area contributed by atoms with Crippen LogP contribution in [0.3, 0.4) is 0 Å². The molecule has 18 heavy (non-hydrogen) atoms. The van der Waals surface area contributed by atoms with E-state index in [-0.39, 0.29) is 5.82 Å². The Morgan fingerprint density at radius 3 is 2.67 bits per heavy atom. The summed E-state index contributed by atoms with van der Waals surface area (Å²) in [5.74, 6) is -0.168. The summed E-state index contributed by atoms with van der Waals surface area (Å²) in [5, 5.41) is 3.88. The van der Waals surface area contributed by atoms with Crippen LogP contribution in [0.15, 0.2) is 16.6 Å². The number of rotatable bonds is 8. The van der Waals surface area contributed by atoms with E-state index in [0.29, 0.717) is 9.50 Å². The number of nitrogens with one attached hydrogen (secondary N) is 1. The smallest absolute Gasteiger partial charge is 0.127 e. The third kappa shape index (κ3) is 5.68. The van der Waals surface area contributed by atoms with Gasteiger partial charge < -0.3 is 5.32 Å². The Kier molecular flexibility index (Phi) is 7.87. The summed E-state index contributed by atoms with van der Waals surface area (Å²) in [7, 11) is 0. The van der Waals surface area contributed by atoms with Crippen molar-refractivity contribution in [1.29, 1.82) is 0 Å². The summed E-state index contributed by atoms with van der Waals surface area (Å²) in [6.07, 6.45) is 5.30. The summed E-state index contributed by atoms with van der Waals surface area (Å²) in [5.41, 5.74) is 0.717. The average molecular weight is 337 g/mol. The maximum absolute atomic E-state index is 13.6. The highest BCUT2D eigenvalue weighted by atomic mass is 79.9. The van der Waals surface area contributed by atoms with Gasteiger partial charge in [0, 0.05) is 4.47 Å². The molecule has 0 saturated heterocycles. The van der Waals surface area contributed by atoms with E-state index in [9.17, 15) is 4.39 Å². The second-order valence-corrected chi connectivity index (χ2v) is 5.64. The Balaban J connectivity index is 2.25. The van der Waals surface area contributed by atoms with E-state index in [4.69, 9.17) is 11.6 Å². The van der Waals surface area contributed by atoms with Crippen LogP contribution in [-0.2, 0) is 6.42 Å². The van der Waals surface area contributed by atoms with E-state index in [1.54, 1.807) is 6.07 Å². The minimum atomic E-state index is -0.168. The van der Waals surface area contributed by atoms with E-state index in [1.807, 2.05) is 0 Å². The van der Waals surface area contributed by atoms with Gasteiger partial charge >= 0.3 is 0 Å². The lowest BCUT2D eigenvalue weighted by atomic mass is 10.1. The number of unbranched alkanes of at least 4 members (excludes halogenated alkanes) is 3. The van der Waals surface area contributed by atoms with Gasteiger partial charge in [-0.05, 0) is 66.0 Å². The summed E-state index contributed by atoms with van der Waals surface area (Å²) < 4.78 is 14.2. The van der Waals surface area contributed by atoms with Crippen molar-refractivity contribution in [3.05, 3.63) is 33.0 Å². The fraction of sp³-hybridized carbons (Fsp3) is 0.571. The molecule has 0 amide bonds. The number of benzene rings is 1. The van der Waals surface area contributed by atoms with Crippen molar-refractivity contribution in [2.75, 3.05) is 13.1 Å². The molecule has 0 heterocycles. The van der Waals surface area contributed by atoms with Crippen molar-refractivity contribution in [1.82, 2.24) is 5.32 Å². The molecule has 0 aliphatic carbocycles. The summed E-state index contributed by atoms with van der Waals surface area (Å²) in [6.45, 7) is 4.22. The second-order valence-electron chi connectivity index (χ2n) is 4.38. The third-order valence-electron chi connectivity index (χ3n) is 2.89. The standard InChI is InChI=1S/C14H20BrClFN/c1-2-18-8-6-4-3-5-7-11-9-13(16)12(15)10-14(11)17/h9-10,18H,2-8H2,1H3. The van der Waals surface area contributed by atoms with Gasteiger partial charge in [0.25, 0.3) is 0 Å². The number of halogens is 3. The molecule has 0 fully saturated rings. The van der Waals surface area contributed by atoms with Crippen molar-refractivity contribution >= 4 is 27.5 Å². The molecule has 0 aromatic heterocycles. The Labute approximate surface area is 122 Å². The summed E-state index contributed by atoms with van der Waals surface area (Å²) in [4.78, 5) is 0. The normalized spacial score (nSPS) is 10.9. The first-order valence-electron chi connectivity index (χ1n) is 6.49. The Bertz CT molecular complexity index is 371. The van der Waals surface area contributed by atoms with Gasteiger partial charge in [-0.3, -0.25) is 0 Å². The lowest BCUT2D eigenvalue weighted by Crippen LogP contribution is -2.13. The van der Waals surface area contributed by atoms with E-state index in [1.165, 1.54) is 18.9 Å². The van der Waals surface area contributed by atoms with E-state index < -0.39 is 0 Å². The molecule has 0 radical (unpaired) electrons. The van der Waals surface area contributed by atoms with Crippen molar-refractivity contribution in [2.45, 2.75) is 39.0 Å². The number of aryl methyl sites for hydroxylation is 1. The molecule has 0 aliphatic heterocycles. The van der Waals surface area contributed by atoms with Gasteiger partial charge in [-0.1, -0.05) is 31.4 Å². The second kappa shape index (κ2) is 8.89. The van der Waals surface area contributed by atoms with Crippen LogP contribution in [0.2, 0.25) is 5.02 Å². The molecule has 1 aromatic rings. The predicted octanol–water partition coefficient (Wildman–Crippen LogP) is 4.95. The Morgan fingerprint density at radius 2 is 1.94 bits per heavy atom. The van der Waals surface area contributed by atoms with Crippen LogP contribution < -0.4 is 5.32 Å². The first kappa shape index (κ1) is 15.9. The lowest BCUT2D eigenvalue weighted by molar-refractivity contribution is 0.577. The van der Waals surface area contributed by atoms with Gasteiger partial charge in [-0.2, -0.15) is 0 Å². The van der Waals surface area contributed by atoms with Gasteiger partial charge in [-0.25, -0.2) is 4.39 Å². The van der Waals surface area contributed by atoms with Crippen LogP contribution in [0, 0.1) is 5.82 Å². The van der Waals surface area contributed by atoms with Crippen molar-refractivity contribution in [2.24, 2.45) is 0 Å². The SMILES string of the molecule is CCNCCCCCCc1cc(Cl)c(Br)cc1F. The molecule has 0 atom stereocenters. The fourth-order valence-electron chi connectivity index (χ4n) is 1.85. The zero-order chi connectivity index (χ0) is 13.4. The average Bonchev–Trinajstić information content (AvgIpc) is 2.34. The molecule has 1 N–H and O–H groups in total. The first-order chi connectivity index (χ1) is 8.65. The van der Waals surface area contributed by atoms with E-state index >= 15 is 0 Å². The topological polar surface area (TPSA) is 12.0 Å². The molecule has 4 heteroatoms. The quantitative estimate of drug-likeness (QED) is 0.523. The zero-order valence-corrected chi connectivity index (χ0v) is 13.1. The third-order valence-corrected chi connectivity index (χ3v) is 4.09. The van der Waals surface area contributed by atoms with Crippen LogP contribution in [0.5, 0.6) is 0 Å². The van der Waals surface area contributed by atoms with Crippen molar-refractivity contribution in [3.63, 3.8) is 0 Å². The fourth-order valence-corrected chi connectivity index (χ4v) is 2.35. The highest BCUT2D eigenvalue weighted by Gasteiger charge is 2.06. The molecule has 0 spiro atoms. The summed E-state index contributed by atoms with van der Waals surface area (Å²) >= 11 is 9.18. The molecule has 1 aromatic carbocycles. The highest BCUT2D eigenvalue weighted by Crippen LogP contribution is 2.26. The minimum absolute atomic E-state index is 0.168. The van der Waals surface area contributed by atoms with E-state index in [0.717, 1.165) is 37.9 Å². The lowest BCUT2D eigenvalue weighted by Gasteiger charge is -2.06. The van der Waals surface area contributed by atoms with Crippen LogP contribution >= 0.6 is 27.5 Å². The zero-order valence-electron chi connectivity index (χ0n) is 10.7. The monoisotopic (exact) mass is 335 g/mol. The van der Waals surface area contributed by atoms with Gasteiger partial charge in [0.1, 0.15) is 5.82 Å². The molecule has 102 valence electrons. The maximum atomic E-state index is 13.6. The van der Waals surface area contributed by atoms with Crippen LogP contribution in [-0.4, -0.2) is 13.1 Å². The largest absolute Gasteiger partial charge is 0.317 e. The molecular weight excluding hydrogens is 317 g/mol. The molecule has 0 saturated carbocycles. The van der Waals surface area contributed by atoms with Crippen LogP contribution in [0.25, 0.3) is 0 Å². The van der Waals surface area contributed by atoms with Gasteiger partial charge in [0.05, 0.1) is 5.02 Å². The van der Waals surface area contributed by atoms with E-state index in [2.05, 4.69) is 28.2 Å². The molecule has 0 bridgehead atoms. The Morgan fingerprint density at radius 1 is 1.22 bits per heavy atom. The molecule has 0 aliphatic rings. The summed E-state index contributed by atoms with van der Waals surface area (Å²) in [6, 6.07) is 3.17. The molecule has 1 nitrogen and oxygen atoms in total. The van der Waals surface area contributed by atoms with Crippen LogP contribution in [0.4, 0.5) is 4.39 Å². The van der Waals surface area contributed by atoms with Gasteiger partial charge in [-0.15, -0.1) is 0 Å². The highest BCUT2D eigenvalue weighted by molar-refractivity contribution is 9.10. The molecule has 0 unspecified atom stereocenters. The van der Waals surface area contributed by atoms with Crippen molar-refractivity contribution in [3.8, 4) is 0 Å².